The molecule has 3 nitrogen and oxygen atoms in total. The standard InChI is InChI=1S/C28H40N2.C2H3N.CH3.F6P.Pd/c1-17(2)23-13-11-14-24(18(3)4)27(23)29-21(9)22(10)30-28-25(19(5)6)15-12-16-26(28)20(7)8;1-2-3;;1-7(2,3,4,5)6;/h11-20H,1-10H3;1H3;1H3;;/q;;2*-1;+2. The first-order chi connectivity index (χ1) is 17.9. The molecule has 0 heterocycles. The van der Waals surface area contributed by atoms with E-state index in [1.165, 1.54) is 29.2 Å². The van der Waals surface area contributed by atoms with Crippen LogP contribution in [0.15, 0.2) is 46.4 Å². The smallest absolute Gasteiger partial charge is 0.358 e. The van der Waals surface area contributed by atoms with Crippen molar-refractivity contribution in [2.45, 2.75) is 99.8 Å². The summed E-state index contributed by atoms with van der Waals surface area (Å²) < 4.78 is 59.2. The Labute approximate surface area is 262 Å². The molecule has 42 heavy (non-hydrogen) atoms. The summed E-state index contributed by atoms with van der Waals surface area (Å²) in [6.45, 7) is 23.5. The van der Waals surface area contributed by atoms with Crippen molar-refractivity contribution in [1.29, 1.82) is 5.26 Å². The molecule has 0 saturated heterocycles. The number of rotatable bonds is 7. The number of nitrogens with zero attached hydrogens (tertiary/aromatic N) is 3. The molecule has 0 bridgehead atoms. The van der Waals surface area contributed by atoms with Crippen LogP contribution in [0, 0.1) is 18.8 Å². The van der Waals surface area contributed by atoms with Gasteiger partial charge in [0.15, 0.2) is 0 Å². The maximum atomic E-state index is 9.87. The molecule has 11 heteroatoms. The van der Waals surface area contributed by atoms with E-state index in [0.717, 1.165) is 22.8 Å². The Hall–Kier alpha value is -2.06. The topological polar surface area (TPSA) is 48.5 Å². The van der Waals surface area contributed by atoms with Crippen LogP contribution in [0.25, 0.3) is 0 Å². The summed E-state index contributed by atoms with van der Waals surface area (Å²) in [6.07, 6.45) is 0. The van der Waals surface area contributed by atoms with Crippen LogP contribution in [0.2, 0.25) is 0 Å². The van der Waals surface area contributed by atoms with Gasteiger partial charge in [0.05, 0.1) is 28.9 Å². The van der Waals surface area contributed by atoms with Crippen LogP contribution >= 0.6 is 7.81 Å². The molecule has 0 amide bonds. The third-order valence-corrected chi connectivity index (χ3v) is 5.77. The van der Waals surface area contributed by atoms with Gasteiger partial charge in [0.1, 0.15) is 0 Å². The Balaban J connectivity index is -0.00000109. The third-order valence-electron chi connectivity index (χ3n) is 5.77. The van der Waals surface area contributed by atoms with Gasteiger partial charge in [-0.05, 0) is 59.8 Å². The monoisotopic (exact) mass is 711 g/mol. The zero-order valence-electron chi connectivity index (χ0n) is 26.6. The van der Waals surface area contributed by atoms with E-state index in [4.69, 9.17) is 15.2 Å². The maximum absolute atomic E-state index is 10.7. The first kappa shape index (κ1) is 44.4. The van der Waals surface area contributed by atoms with Crippen molar-refractivity contribution in [3.05, 3.63) is 66.1 Å². The molecule has 242 valence electrons. The molecule has 0 aliphatic rings. The molecule has 2 aromatic carbocycles. The number of hydrogen-bond donors (Lipinski definition) is 0. The van der Waals surface area contributed by atoms with Crippen LogP contribution < -0.4 is 0 Å². The van der Waals surface area contributed by atoms with E-state index in [0.29, 0.717) is 23.7 Å². The number of halogens is 6. The molecule has 0 atom stereocenters. The third kappa shape index (κ3) is 17.8. The van der Waals surface area contributed by atoms with E-state index < -0.39 is 7.81 Å². The molecule has 0 aliphatic heterocycles. The number of benzene rings is 2. The average molecular weight is 712 g/mol. The molecule has 0 saturated carbocycles. The predicted octanol–water partition coefficient (Wildman–Crippen LogP) is 13.4. The summed E-state index contributed by atoms with van der Waals surface area (Å²) in [5, 5.41) is 7.32. The van der Waals surface area contributed by atoms with E-state index in [-0.39, 0.29) is 27.8 Å². The van der Waals surface area contributed by atoms with Crippen molar-refractivity contribution in [1.82, 2.24) is 0 Å². The van der Waals surface area contributed by atoms with Gasteiger partial charge in [0.2, 0.25) is 0 Å². The zero-order valence-corrected chi connectivity index (χ0v) is 29.1. The fourth-order valence-electron chi connectivity index (χ4n) is 3.78. The van der Waals surface area contributed by atoms with Crippen LogP contribution in [0.5, 0.6) is 0 Å². The van der Waals surface area contributed by atoms with Gasteiger partial charge in [-0.25, -0.2) is 0 Å². The summed E-state index contributed by atoms with van der Waals surface area (Å²) in [5.41, 5.74) is 9.43. The second kappa shape index (κ2) is 16.7. The number of nitriles is 1. The maximum Gasteiger partial charge on any atom is 2.00 e. The summed E-state index contributed by atoms with van der Waals surface area (Å²) in [4.78, 5) is 10.3. The fraction of sp³-hybridized carbons (Fsp3) is 0.484. The molecule has 0 spiro atoms. The zero-order chi connectivity index (χ0) is 31.7. The van der Waals surface area contributed by atoms with Gasteiger partial charge >= 0.3 is 53.4 Å². The minimum absolute atomic E-state index is 0. The van der Waals surface area contributed by atoms with Gasteiger partial charge in [-0.15, -0.1) is 0 Å². The van der Waals surface area contributed by atoms with Crippen molar-refractivity contribution in [2.75, 3.05) is 0 Å². The van der Waals surface area contributed by atoms with E-state index >= 15 is 0 Å². The molecule has 0 aromatic heterocycles. The van der Waals surface area contributed by atoms with Crippen molar-refractivity contribution in [3.63, 3.8) is 0 Å². The Morgan fingerprint density at radius 3 is 0.929 bits per heavy atom. The van der Waals surface area contributed by atoms with Gasteiger partial charge in [-0.3, -0.25) is 9.98 Å². The average Bonchev–Trinajstić information content (AvgIpc) is 2.77. The normalized spacial score (nSPS) is 13.5. The number of hydrogen-bond acceptors (Lipinski definition) is 3. The quantitative estimate of drug-likeness (QED) is 0.0927. The molecule has 0 aliphatic carbocycles. The summed E-state index contributed by atoms with van der Waals surface area (Å²) >= 11 is 0. The van der Waals surface area contributed by atoms with Crippen LogP contribution in [0.3, 0.4) is 0 Å². The van der Waals surface area contributed by atoms with Gasteiger partial charge in [-0.1, -0.05) is 91.8 Å². The summed E-state index contributed by atoms with van der Waals surface area (Å²) in [7, 11) is -10.7. The fourth-order valence-corrected chi connectivity index (χ4v) is 3.78. The SMILES string of the molecule is CC#N.CC(=Nc1c(C(C)C)cccc1C(C)C)C(C)=Nc1c(C(C)C)cccc1C(C)C.F[P-](F)(F)(F)(F)F.[CH3-].[Pd+2]. The molecule has 0 N–H and O–H groups in total. The van der Waals surface area contributed by atoms with E-state index in [2.05, 4.69) is 106 Å². The Bertz CT molecular complexity index is 1100. The van der Waals surface area contributed by atoms with Crippen LogP contribution in [-0.4, -0.2) is 11.4 Å². The summed E-state index contributed by atoms with van der Waals surface area (Å²) in [6, 6.07) is 14.9. The predicted molar refractivity (Wildman–Crippen MR) is 166 cm³/mol. The van der Waals surface area contributed by atoms with Crippen molar-refractivity contribution in [2.24, 2.45) is 9.98 Å². The molecule has 2 rings (SSSR count). The van der Waals surface area contributed by atoms with Crippen molar-refractivity contribution < 1.29 is 45.6 Å². The van der Waals surface area contributed by atoms with Crippen LogP contribution in [-0.2, 0) is 20.4 Å². The van der Waals surface area contributed by atoms with Crippen LogP contribution in [0.1, 0.15) is 122 Å². The van der Waals surface area contributed by atoms with Gasteiger partial charge < -0.3 is 7.43 Å². The minimum atomic E-state index is -10.7. The van der Waals surface area contributed by atoms with E-state index in [9.17, 15) is 25.2 Å². The van der Waals surface area contributed by atoms with Gasteiger partial charge in [-0.2, -0.15) is 5.26 Å². The molecule has 2 aromatic rings. The van der Waals surface area contributed by atoms with Crippen molar-refractivity contribution in [3.8, 4) is 6.07 Å². The summed E-state index contributed by atoms with van der Waals surface area (Å²) in [5.74, 6) is 1.73. The molecule has 0 fully saturated rings. The second-order valence-corrected chi connectivity index (χ2v) is 12.7. The number of para-hydroxylation sites is 2. The van der Waals surface area contributed by atoms with Crippen LogP contribution in [0.4, 0.5) is 36.6 Å². The first-order valence-electron chi connectivity index (χ1n) is 13.1. The first-order valence-corrected chi connectivity index (χ1v) is 15.2. The van der Waals surface area contributed by atoms with Gasteiger partial charge in [0, 0.05) is 6.92 Å². The van der Waals surface area contributed by atoms with E-state index in [1.807, 2.05) is 0 Å². The molecular formula is C31H46F6N3PPd. The minimum Gasteiger partial charge on any atom is -0.358 e. The Kier molecular flexibility index (Phi) is 17.6. The Morgan fingerprint density at radius 1 is 0.619 bits per heavy atom. The Morgan fingerprint density at radius 2 is 0.786 bits per heavy atom. The second-order valence-electron chi connectivity index (χ2n) is 10.8. The molecular weight excluding hydrogens is 666 g/mol. The van der Waals surface area contributed by atoms with Crippen molar-refractivity contribution >= 4 is 30.6 Å². The number of aliphatic imine (C=N–C) groups is 2. The largest absolute Gasteiger partial charge is 2.00 e. The molecule has 0 radical (unpaired) electrons. The van der Waals surface area contributed by atoms with Gasteiger partial charge in [0.25, 0.3) is 0 Å². The molecule has 0 unspecified atom stereocenters. The van der Waals surface area contributed by atoms with E-state index in [1.54, 1.807) is 6.07 Å².